The number of aromatic nitrogens is 1. The van der Waals surface area contributed by atoms with Gasteiger partial charge in [0.1, 0.15) is 0 Å². The van der Waals surface area contributed by atoms with E-state index in [4.69, 9.17) is 0 Å². The van der Waals surface area contributed by atoms with Crippen molar-refractivity contribution in [3.8, 4) is 11.3 Å². The summed E-state index contributed by atoms with van der Waals surface area (Å²) in [6.07, 6.45) is 4.60. The molecule has 0 saturated carbocycles. The molecule has 2 aliphatic rings. The van der Waals surface area contributed by atoms with Crippen molar-refractivity contribution < 1.29 is 4.79 Å². The molecule has 158 valence electrons. The molecular weight excluding hydrogens is 462 g/mol. The van der Waals surface area contributed by atoms with Gasteiger partial charge in [0.05, 0.1) is 16.8 Å². The molecule has 3 heterocycles. The first-order valence-electron chi connectivity index (χ1n) is 10.4. The second-order valence-corrected chi connectivity index (χ2v) is 9.33. The van der Waals surface area contributed by atoms with Crippen molar-refractivity contribution in [3.05, 3.63) is 58.6 Å². The quantitative estimate of drug-likeness (QED) is 0.537. The van der Waals surface area contributed by atoms with Crippen LogP contribution in [0.3, 0.4) is 0 Å². The standard InChI is InChI=1S/C24H26BrN3O.ClH/c1-27-17-11-12-18(27)14-16(13-17)26-24(29)22-21-19(25)9-6-10-20(21)28(2)23(22)15-7-4-3-5-8-15;/h3-10,16-18H,11-14H2,1-2H3,(H,26,29);1H. The topological polar surface area (TPSA) is 37.3 Å². The molecule has 2 aliphatic heterocycles. The first kappa shape index (κ1) is 21.4. The number of piperidine rings is 1. The molecule has 0 radical (unpaired) electrons. The fourth-order valence-electron chi connectivity index (χ4n) is 5.39. The molecular formula is C24H27BrClN3O. The van der Waals surface area contributed by atoms with Gasteiger partial charge in [0.15, 0.2) is 0 Å². The van der Waals surface area contributed by atoms with E-state index in [-0.39, 0.29) is 24.4 Å². The summed E-state index contributed by atoms with van der Waals surface area (Å²) in [6, 6.07) is 17.8. The molecule has 3 aromatic rings. The summed E-state index contributed by atoms with van der Waals surface area (Å²) in [7, 11) is 4.28. The van der Waals surface area contributed by atoms with E-state index in [9.17, 15) is 4.79 Å². The largest absolute Gasteiger partial charge is 0.349 e. The summed E-state index contributed by atoms with van der Waals surface area (Å²) >= 11 is 3.70. The van der Waals surface area contributed by atoms with Gasteiger partial charge in [-0.25, -0.2) is 0 Å². The van der Waals surface area contributed by atoms with Crippen LogP contribution in [0.2, 0.25) is 0 Å². The molecule has 2 saturated heterocycles. The molecule has 6 heteroatoms. The Kier molecular flexibility index (Phi) is 5.97. The van der Waals surface area contributed by atoms with Gasteiger partial charge in [-0.05, 0) is 50.4 Å². The van der Waals surface area contributed by atoms with Crippen LogP contribution in [-0.2, 0) is 7.05 Å². The Hall–Kier alpha value is -1.82. The molecule has 5 rings (SSSR count). The highest BCUT2D eigenvalue weighted by molar-refractivity contribution is 9.10. The minimum Gasteiger partial charge on any atom is -0.349 e. The molecule has 2 aromatic carbocycles. The van der Waals surface area contributed by atoms with Gasteiger partial charge in [-0.3, -0.25) is 4.79 Å². The summed E-state index contributed by atoms with van der Waals surface area (Å²) in [4.78, 5) is 16.1. The zero-order valence-corrected chi connectivity index (χ0v) is 19.7. The predicted octanol–water partition coefficient (Wildman–Crippen LogP) is 5.38. The number of nitrogens with zero attached hydrogens (tertiary/aromatic N) is 2. The maximum Gasteiger partial charge on any atom is 0.254 e. The van der Waals surface area contributed by atoms with E-state index in [0.717, 1.165) is 45.0 Å². The number of nitrogens with one attached hydrogen (secondary N) is 1. The molecule has 0 spiro atoms. The van der Waals surface area contributed by atoms with Crippen molar-refractivity contribution >= 4 is 45.1 Å². The summed E-state index contributed by atoms with van der Waals surface area (Å²) in [5, 5.41) is 4.39. The molecule has 2 unspecified atom stereocenters. The Bertz CT molecular complexity index is 1070. The lowest BCUT2D eigenvalue weighted by Crippen LogP contribution is -2.48. The molecule has 1 amide bonds. The van der Waals surface area contributed by atoms with Crippen LogP contribution in [-0.4, -0.2) is 40.5 Å². The number of amides is 1. The van der Waals surface area contributed by atoms with Crippen LogP contribution >= 0.6 is 28.3 Å². The van der Waals surface area contributed by atoms with Crippen LogP contribution in [0, 0.1) is 0 Å². The van der Waals surface area contributed by atoms with Crippen molar-refractivity contribution in [2.24, 2.45) is 7.05 Å². The van der Waals surface area contributed by atoms with Crippen LogP contribution in [0.15, 0.2) is 53.0 Å². The van der Waals surface area contributed by atoms with Gasteiger partial charge in [-0.1, -0.05) is 52.3 Å². The fourth-order valence-corrected chi connectivity index (χ4v) is 5.94. The van der Waals surface area contributed by atoms with E-state index in [0.29, 0.717) is 12.1 Å². The lowest BCUT2D eigenvalue weighted by molar-refractivity contribution is 0.0884. The Balaban J connectivity index is 0.00000218. The van der Waals surface area contributed by atoms with Crippen LogP contribution in [0.4, 0.5) is 0 Å². The van der Waals surface area contributed by atoms with Crippen LogP contribution in [0.5, 0.6) is 0 Å². The zero-order chi connectivity index (χ0) is 20.1. The van der Waals surface area contributed by atoms with E-state index >= 15 is 0 Å². The van der Waals surface area contributed by atoms with Gasteiger partial charge in [0, 0.05) is 35.0 Å². The molecule has 1 aromatic heterocycles. The average Bonchev–Trinajstić information content (AvgIpc) is 3.11. The molecule has 2 fully saturated rings. The first-order chi connectivity index (χ1) is 14.0. The van der Waals surface area contributed by atoms with E-state index < -0.39 is 0 Å². The predicted molar refractivity (Wildman–Crippen MR) is 128 cm³/mol. The third-order valence-corrected chi connectivity index (χ3v) is 7.54. The highest BCUT2D eigenvalue weighted by Gasteiger charge is 2.39. The number of hydrogen-bond acceptors (Lipinski definition) is 2. The lowest BCUT2D eigenvalue weighted by Gasteiger charge is -2.36. The Labute approximate surface area is 192 Å². The zero-order valence-electron chi connectivity index (χ0n) is 17.3. The second kappa shape index (κ2) is 8.37. The summed E-state index contributed by atoms with van der Waals surface area (Å²) in [5.74, 6) is 0.0373. The van der Waals surface area contributed by atoms with Gasteiger partial charge >= 0.3 is 0 Å². The lowest BCUT2D eigenvalue weighted by atomic mass is 9.97. The second-order valence-electron chi connectivity index (χ2n) is 8.47. The van der Waals surface area contributed by atoms with E-state index in [1.807, 2.05) is 37.4 Å². The van der Waals surface area contributed by atoms with Crippen molar-refractivity contribution in [2.75, 3.05) is 7.05 Å². The number of aryl methyl sites for hydroxylation is 1. The number of carbonyl (C=O) groups is 1. The summed E-state index contributed by atoms with van der Waals surface area (Å²) in [5.41, 5.74) is 3.87. The monoisotopic (exact) mass is 487 g/mol. The minimum atomic E-state index is 0. The number of rotatable bonds is 3. The van der Waals surface area contributed by atoms with E-state index in [1.165, 1.54) is 12.8 Å². The minimum absolute atomic E-state index is 0. The smallest absolute Gasteiger partial charge is 0.254 e. The Morgan fingerprint density at radius 1 is 1.00 bits per heavy atom. The SMILES string of the molecule is CN1C2CCC1CC(NC(=O)c1c(-c3ccccc3)n(C)c3cccc(Br)c13)C2.Cl. The molecule has 2 bridgehead atoms. The third-order valence-electron chi connectivity index (χ3n) is 6.88. The molecule has 2 atom stereocenters. The normalized spacial score (nSPS) is 23.4. The van der Waals surface area contributed by atoms with Gasteiger partial charge in [-0.15, -0.1) is 12.4 Å². The highest BCUT2D eigenvalue weighted by Crippen LogP contribution is 2.38. The number of fused-ring (bicyclic) bond motifs is 3. The maximum absolute atomic E-state index is 13.6. The Morgan fingerprint density at radius 2 is 1.67 bits per heavy atom. The number of hydrogen-bond donors (Lipinski definition) is 1. The van der Waals surface area contributed by atoms with Crippen molar-refractivity contribution in [2.45, 2.75) is 43.8 Å². The summed E-state index contributed by atoms with van der Waals surface area (Å²) in [6.45, 7) is 0. The summed E-state index contributed by atoms with van der Waals surface area (Å²) < 4.78 is 3.10. The molecule has 4 nitrogen and oxygen atoms in total. The maximum atomic E-state index is 13.6. The average molecular weight is 489 g/mol. The van der Waals surface area contributed by atoms with Gasteiger partial charge < -0.3 is 14.8 Å². The van der Waals surface area contributed by atoms with Gasteiger partial charge in [0.2, 0.25) is 0 Å². The highest BCUT2D eigenvalue weighted by atomic mass is 79.9. The number of benzene rings is 2. The molecule has 30 heavy (non-hydrogen) atoms. The van der Waals surface area contributed by atoms with Crippen molar-refractivity contribution in [1.29, 1.82) is 0 Å². The van der Waals surface area contributed by atoms with Crippen molar-refractivity contribution in [3.63, 3.8) is 0 Å². The number of carbonyl (C=O) groups excluding carboxylic acids is 1. The molecule has 0 aliphatic carbocycles. The van der Waals surface area contributed by atoms with Crippen molar-refractivity contribution in [1.82, 2.24) is 14.8 Å². The van der Waals surface area contributed by atoms with Gasteiger partial charge in [-0.2, -0.15) is 0 Å². The van der Waals surface area contributed by atoms with E-state index in [1.54, 1.807) is 0 Å². The number of halogens is 2. The first-order valence-corrected chi connectivity index (χ1v) is 11.2. The van der Waals surface area contributed by atoms with Gasteiger partial charge in [0.25, 0.3) is 5.91 Å². The Morgan fingerprint density at radius 3 is 2.33 bits per heavy atom. The fraction of sp³-hybridized carbons (Fsp3) is 0.375. The van der Waals surface area contributed by atoms with Crippen LogP contribution in [0.25, 0.3) is 22.2 Å². The van der Waals surface area contributed by atoms with Crippen LogP contribution in [0.1, 0.15) is 36.0 Å². The van der Waals surface area contributed by atoms with Crippen LogP contribution < -0.4 is 5.32 Å². The van der Waals surface area contributed by atoms with E-state index in [2.05, 4.69) is 56.0 Å². The molecule has 1 N–H and O–H groups in total. The third kappa shape index (κ3) is 3.47.